The van der Waals surface area contributed by atoms with Gasteiger partial charge in [0.15, 0.2) is 0 Å². The summed E-state index contributed by atoms with van der Waals surface area (Å²) in [5.41, 5.74) is 5.99. The van der Waals surface area contributed by atoms with Gasteiger partial charge in [-0.15, -0.1) is 0 Å². The Bertz CT molecular complexity index is 347. The first kappa shape index (κ1) is 11.5. The van der Waals surface area contributed by atoms with E-state index in [1.54, 1.807) is 6.92 Å². The summed E-state index contributed by atoms with van der Waals surface area (Å²) >= 11 is 2.88. The molecule has 14 heavy (non-hydrogen) atoms. The Labute approximate surface area is 88.2 Å². The van der Waals surface area contributed by atoms with Crippen molar-refractivity contribution in [2.75, 3.05) is 0 Å². The van der Waals surface area contributed by atoms with Gasteiger partial charge >= 0.3 is 6.18 Å². The van der Waals surface area contributed by atoms with E-state index >= 15 is 0 Å². The summed E-state index contributed by atoms with van der Waals surface area (Å²) in [6.45, 7) is 1.85. The summed E-state index contributed by atoms with van der Waals surface area (Å²) in [6, 6.07) is 2.52. The fourth-order valence-corrected chi connectivity index (χ4v) is 1.78. The van der Waals surface area contributed by atoms with E-state index in [0.29, 0.717) is 11.1 Å². The van der Waals surface area contributed by atoms with Gasteiger partial charge in [0, 0.05) is 11.0 Å². The van der Waals surface area contributed by atoms with Gasteiger partial charge in [0.1, 0.15) is 0 Å². The zero-order valence-corrected chi connectivity index (χ0v) is 9.04. The van der Waals surface area contributed by atoms with E-state index in [1.165, 1.54) is 6.07 Å². The lowest BCUT2D eigenvalue weighted by Crippen LogP contribution is -2.08. The van der Waals surface area contributed by atoms with Crippen LogP contribution in [0.5, 0.6) is 0 Å². The van der Waals surface area contributed by atoms with Gasteiger partial charge < -0.3 is 5.73 Å². The van der Waals surface area contributed by atoms with Gasteiger partial charge in [-0.05, 0) is 30.2 Å². The van der Waals surface area contributed by atoms with Crippen LogP contribution in [0.15, 0.2) is 16.6 Å². The van der Waals surface area contributed by atoms with Gasteiger partial charge in [-0.2, -0.15) is 13.2 Å². The summed E-state index contributed by atoms with van der Waals surface area (Å²) < 4.78 is 37.2. The van der Waals surface area contributed by atoms with Gasteiger partial charge in [-0.1, -0.05) is 15.9 Å². The lowest BCUT2D eigenvalue weighted by atomic mass is 10.1. The number of halogens is 4. The predicted molar refractivity (Wildman–Crippen MR) is 51.8 cm³/mol. The molecule has 0 fully saturated rings. The molecule has 0 saturated heterocycles. The first-order valence-corrected chi connectivity index (χ1v) is 4.72. The molecule has 0 aliphatic rings. The van der Waals surface area contributed by atoms with Crippen molar-refractivity contribution in [3.63, 3.8) is 0 Å². The number of hydrogen-bond donors (Lipinski definition) is 1. The van der Waals surface area contributed by atoms with Crippen molar-refractivity contribution in [1.29, 1.82) is 0 Å². The number of hydrogen-bond acceptors (Lipinski definition) is 1. The molecule has 0 atom stereocenters. The highest BCUT2D eigenvalue weighted by Gasteiger charge is 2.33. The normalized spacial score (nSPS) is 11.9. The highest BCUT2D eigenvalue weighted by molar-refractivity contribution is 9.10. The van der Waals surface area contributed by atoms with E-state index in [2.05, 4.69) is 15.9 Å². The topological polar surface area (TPSA) is 26.0 Å². The lowest BCUT2D eigenvalue weighted by molar-refractivity contribution is -0.138. The Hall–Kier alpha value is -0.550. The first-order valence-electron chi connectivity index (χ1n) is 3.92. The summed E-state index contributed by atoms with van der Waals surface area (Å²) in [5, 5.41) is 0. The molecular weight excluding hydrogens is 259 g/mol. The molecule has 0 amide bonds. The molecule has 1 rings (SSSR count). The Morgan fingerprint density at radius 2 is 1.93 bits per heavy atom. The molecule has 1 nitrogen and oxygen atoms in total. The molecule has 0 aliphatic carbocycles. The largest absolute Gasteiger partial charge is 0.417 e. The van der Waals surface area contributed by atoms with Crippen LogP contribution in [0.1, 0.15) is 16.7 Å². The number of benzene rings is 1. The zero-order valence-electron chi connectivity index (χ0n) is 7.45. The molecule has 0 aromatic heterocycles. The van der Waals surface area contributed by atoms with E-state index in [4.69, 9.17) is 5.73 Å². The molecule has 5 heteroatoms. The summed E-state index contributed by atoms with van der Waals surface area (Å²) in [4.78, 5) is 0. The molecule has 0 saturated carbocycles. The number of nitrogens with two attached hydrogens (primary N) is 1. The monoisotopic (exact) mass is 267 g/mol. The molecule has 0 radical (unpaired) electrons. The maximum absolute atomic E-state index is 12.4. The van der Waals surface area contributed by atoms with Crippen LogP contribution in [0.2, 0.25) is 0 Å². The minimum absolute atomic E-state index is 0.0380. The molecular formula is C9H9BrF3N. The average molecular weight is 268 g/mol. The van der Waals surface area contributed by atoms with Gasteiger partial charge in [0.05, 0.1) is 5.56 Å². The van der Waals surface area contributed by atoms with Gasteiger partial charge in [-0.3, -0.25) is 0 Å². The second-order valence-corrected chi connectivity index (χ2v) is 3.81. The number of alkyl halides is 3. The van der Waals surface area contributed by atoms with Crippen molar-refractivity contribution in [2.24, 2.45) is 5.73 Å². The number of rotatable bonds is 1. The van der Waals surface area contributed by atoms with Gasteiger partial charge in [0.25, 0.3) is 0 Å². The highest BCUT2D eigenvalue weighted by Crippen LogP contribution is 2.36. The smallest absolute Gasteiger partial charge is 0.326 e. The Morgan fingerprint density at radius 1 is 1.36 bits per heavy atom. The van der Waals surface area contributed by atoms with E-state index in [-0.39, 0.29) is 11.0 Å². The van der Waals surface area contributed by atoms with Crippen molar-refractivity contribution in [2.45, 2.75) is 19.6 Å². The van der Waals surface area contributed by atoms with Crippen LogP contribution in [-0.2, 0) is 12.7 Å². The highest BCUT2D eigenvalue weighted by atomic mass is 79.9. The van der Waals surface area contributed by atoms with Crippen LogP contribution in [0.25, 0.3) is 0 Å². The molecule has 0 aliphatic heterocycles. The van der Waals surface area contributed by atoms with Crippen LogP contribution in [0, 0.1) is 6.92 Å². The van der Waals surface area contributed by atoms with Crippen LogP contribution in [0.4, 0.5) is 13.2 Å². The molecule has 1 aromatic carbocycles. The van der Waals surface area contributed by atoms with Gasteiger partial charge in [-0.25, -0.2) is 0 Å². The average Bonchev–Trinajstić information content (AvgIpc) is 2.06. The third-order valence-electron chi connectivity index (χ3n) is 1.95. The molecule has 0 spiro atoms. The third kappa shape index (κ3) is 2.27. The van der Waals surface area contributed by atoms with Crippen LogP contribution in [-0.4, -0.2) is 0 Å². The molecule has 0 heterocycles. The second-order valence-electron chi connectivity index (χ2n) is 2.96. The van der Waals surface area contributed by atoms with Crippen molar-refractivity contribution in [3.05, 3.63) is 33.3 Å². The van der Waals surface area contributed by atoms with Crippen LogP contribution < -0.4 is 5.73 Å². The maximum atomic E-state index is 12.4. The zero-order chi connectivity index (χ0) is 10.9. The SMILES string of the molecule is Cc1cc(C(F)(F)F)c(Br)cc1CN. The van der Waals surface area contributed by atoms with Crippen molar-refractivity contribution in [3.8, 4) is 0 Å². The molecule has 1 aromatic rings. The Balaban J connectivity index is 3.29. The fraction of sp³-hybridized carbons (Fsp3) is 0.333. The van der Waals surface area contributed by atoms with E-state index in [1.807, 2.05) is 0 Å². The molecule has 2 N–H and O–H groups in total. The maximum Gasteiger partial charge on any atom is 0.417 e. The summed E-state index contributed by atoms with van der Waals surface area (Å²) in [6.07, 6.45) is -4.32. The predicted octanol–water partition coefficient (Wildman–Crippen LogP) is 3.24. The summed E-state index contributed by atoms with van der Waals surface area (Å²) in [5.74, 6) is 0. The van der Waals surface area contributed by atoms with Crippen molar-refractivity contribution >= 4 is 15.9 Å². The van der Waals surface area contributed by atoms with E-state index in [0.717, 1.165) is 6.07 Å². The number of aryl methyl sites for hydroxylation is 1. The minimum atomic E-state index is -4.32. The molecule has 78 valence electrons. The molecule has 0 unspecified atom stereocenters. The van der Waals surface area contributed by atoms with E-state index < -0.39 is 11.7 Å². The minimum Gasteiger partial charge on any atom is -0.326 e. The van der Waals surface area contributed by atoms with E-state index in [9.17, 15) is 13.2 Å². The Morgan fingerprint density at radius 3 is 2.36 bits per heavy atom. The van der Waals surface area contributed by atoms with Gasteiger partial charge in [0.2, 0.25) is 0 Å². The van der Waals surface area contributed by atoms with Crippen molar-refractivity contribution < 1.29 is 13.2 Å². The lowest BCUT2D eigenvalue weighted by Gasteiger charge is -2.12. The standard InChI is InChI=1S/C9H9BrF3N/c1-5-2-7(9(11,12)13)8(10)3-6(5)4-14/h2-3H,4,14H2,1H3. The third-order valence-corrected chi connectivity index (χ3v) is 2.61. The van der Waals surface area contributed by atoms with Crippen molar-refractivity contribution in [1.82, 2.24) is 0 Å². The first-order chi connectivity index (χ1) is 6.36. The molecule has 0 bridgehead atoms. The summed E-state index contributed by atoms with van der Waals surface area (Å²) in [7, 11) is 0. The second kappa shape index (κ2) is 3.90. The van der Waals surface area contributed by atoms with Crippen LogP contribution in [0.3, 0.4) is 0 Å². The Kier molecular flexibility index (Phi) is 3.21. The van der Waals surface area contributed by atoms with Crippen LogP contribution >= 0.6 is 15.9 Å². The fourth-order valence-electron chi connectivity index (χ4n) is 1.16. The quantitative estimate of drug-likeness (QED) is 0.831.